The molecule has 1 aromatic carbocycles. The number of hydrogen-bond acceptors (Lipinski definition) is 5. The molecule has 0 saturated carbocycles. The Bertz CT molecular complexity index is 605. The Kier molecular flexibility index (Phi) is 3.47. The largest absolute Gasteiger partial charge is 0.477 e. The van der Waals surface area contributed by atoms with E-state index in [9.17, 15) is 9.59 Å². The quantitative estimate of drug-likeness (QED) is 0.625. The van der Waals surface area contributed by atoms with Gasteiger partial charge in [0, 0.05) is 6.54 Å². The minimum absolute atomic E-state index is 0.223. The SMILES string of the molecule is O=C1c2ccccc2C(=O)N1CCCOc1cscn1. The molecule has 5 nitrogen and oxygen atoms in total. The van der Waals surface area contributed by atoms with Crippen molar-refractivity contribution in [3.8, 4) is 5.88 Å². The smallest absolute Gasteiger partial charge is 0.261 e. The van der Waals surface area contributed by atoms with Gasteiger partial charge in [0.1, 0.15) is 0 Å². The minimum Gasteiger partial charge on any atom is -0.477 e. The number of imide groups is 1. The Labute approximate surface area is 119 Å². The molecule has 1 aliphatic rings. The summed E-state index contributed by atoms with van der Waals surface area (Å²) in [5.74, 6) is 0.135. The van der Waals surface area contributed by atoms with Crippen molar-refractivity contribution in [3.05, 3.63) is 46.3 Å². The first-order chi connectivity index (χ1) is 9.77. The highest BCUT2D eigenvalue weighted by atomic mass is 32.1. The molecule has 2 aromatic rings. The van der Waals surface area contributed by atoms with Crippen molar-refractivity contribution in [1.82, 2.24) is 9.88 Å². The van der Waals surface area contributed by atoms with Crippen LogP contribution in [0.3, 0.4) is 0 Å². The first kappa shape index (κ1) is 12.8. The van der Waals surface area contributed by atoms with Crippen LogP contribution in [0.5, 0.6) is 5.88 Å². The molecule has 0 aliphatic carbocycles. The number of benzene rings is 1. The summed E-state index contributed by atoms with van der Waals surface area (Å²) >= 11 is 1.46. The first-order valence-corrected chi connectivity index (χ1v) is 7.18. The van der Waals surface area contributed by atoms with E-state index in [1.54, 1.807) is 29.8 Å². The third kappa shape index (κ3) is 2.30. The van der Waals surface area contributed by atoms with Crippen LogP contribution in [0.15, 0.2) is 35.2 Å². The summed E-state index contributed by atoms with van der Waals surface area (Å²) < 4.78 is 5.40. The summed E-state index contributed by atoms with van der Waals surface area (Å²) in [5, 5.41) is 1.81. The zero-order valence-electron chi connectivity index (χ0n) is 10.6. The van der Waals surface area contributed by atoms with Crippen LogP contribution < -0.4 is 4.74 Å². The van der Waals surface area contributed by atoms with E-state index in [0.29, 0.717) is 36.6 Å². The number of thiazole rings is 1. The van der Waals surface area contributed by atoms with Crippen LogP contribution in [0.1, 0.15) is 27.1 Å². The predicted molar refractivity (Wildman–Crippen MR) is 74.0 cm³/mol. The number of fused-ring (bicyclic) bond motifs is 1. The van der Waals surface area contributed by atoms with Gasteiger partial charge in [0.15, 0.2) is 0 Å². The van der Waals surface area contributed by atoms with Crippen molar-refractivity contribution in [2.75, 3.05) is 13.2 Å². The monoisotopic (exact) mass is 288 g/mol. The number of nitrogens with zero attached hydrogens (tertiary/aromatic N) is 2. The third-order valence-corrected chi connectivity index (χ3v) is 3.63. The summed E-state index contributed by atoms with van der Waals surface area (Å²) in [6, 6.07) is 6.89. The lowest BCUT2D eigenvalue weighted by Crippen LogP contribution is -2.31. The van der Waals surface area contributed by atoms with Gasteiger partial charge >= 0.3 is 0 Å². The second-order valence-corrected chi connectivity index (χ2v) is 5.05. The zero-order chi connectivity index (χ0) is 13.9. The van der Waals surface area contributed by atoms with Crippen LogP contribution in [-0.2, 0) is 0 Å². The van der Waals surface area contributed by atoms with Gasteiger partial charge in [0.05, 0.1) is 28.6 Å². The van der Waals surface area contributed by atoms with Gasteiger partial charge in [-0.1, -0.05) is 12.1 Å². The summed E-state index contributed by atoms with van der Waals surface area (Å²) in [4.78, 5) is 29.4. The lowest BCUT2D eigenvalue weighted by atomic mass is 10.1. The first-order valence-electron chi connectivity index (χ1n) is 6.23. The second kappa shape index (κ2) is 5.42. The predicted octanol–water partition coefficient (Wildman–Crippen LogP) is 2.21. The van der Waals surface area contributed by atoms with Gasteiger partial charge in [-0.2, -0.15) is 0 Å². The van der Waals surface area contributed by atoms with Gasteiger partial charge in [-0.05, 0) is 18.6 Å². The third-order valence-electron chi connectivity index (χ3n) is 3.06. The highest BCUT2D eigenvalue weighted by Crippen LogP contribution is 2.22. The number of hydrogen-bond donors (Lipinski definition) is 0. The molecular formula is C14H12N2O3S. The summed E-state index contributed by atoms with van der Waals surface area (Å²) in [6.45, 7) is 0.785. The molecule has 1 aliphatic heterocycles. The number of aromatic nitrogens is 1. The molecule has 2 amide bonds. The average Bonchev–Trinajstić information content (AvgIpc) is 3.06. The number of rotatable bonds is 5. The van der Waals surface area contributed by atoms with Crippen molar-refractivity contribution >= 4 is 23.2 Å². The number of carbonyl (C=O) groups is 2. The fourth-order valence-electron chi connectivity index (χ4n) is 2.11. The Hall–Kier alpha value is -2.21. The molecule has 0 saturated heterocycles. The zero-order valence-corrected chi connectivity index (χ0v) is 11.4. The van der Waals surface area contributed by atoms with E-state index in [-0.39, 0.29) is 11.8 Å². The Morgan fingerprint density at radius 1 is 1.15 bits per heavy atom. The minimum atomic E-state index is -0.223. The molecule has 6 heteroatoms. The number of amides is 2. The Balaban J connectivity index is 1.57. The number of ether oxygens (including phenoxy) is 1. The molecule has 2 heterocycles. The maximum atomic E-state index is 12.1. The molecule has 1 aromatic heterocycles. The maximum Gasteiger partial charge on any atom is 0.261 e. The molecule has 0 fully saturated rings. The van der Waals surface area contributed by atoms with Crippen molar-refractivity contribution in [2.45, 2.75) is 6.42 Å². The fourth-order valence-corrected chi connectivity index (χ4v) is 2.59. The normalized spacial score (nSPS) is 13.7. The van der Waals surface area contributed by atoms with Crippen LogP contribution in [0.2, 0.25) is 0 Å². The van der Waals surface area contributed by atoms with Gasteiger partial charge in [-0.25, -0.2) is 4.98 Å². The van der Waals surface area contributed by atoms with E-state index < -0.39 is 0 Å². The summed E-state index contributed by atoms with van der Waals surface area (Å²) in [7, 11) is 0. The lowest BCUT2D eigenvalue weighted by Gasteiger charge is -2.13. The topological polar surface area (TPSA) is 59.5 Å². The summed E-state index contributed by atoms with van der Waals surface area (Å²) in [5.41, 5.74) is 2.66. The number of carbonyl (C=O) groups excluding carboxylic acids is 2. The van der Waals surface area contributed by atoms with Crippen LogP contribution >= 0.6 is 11.3 Å². The molecule has 0 radical (unpaired) electrons. The van der Waals surface area contributed by atoms with E-state index in [1.165, 1.54) is 16.2 Å². The van der Waals surface area contributed by atoms with Gasteiger partial charge in [-0.3, -0.25) is 14.5 Å². The van der Waals surface area contributed by atoms with Crippen LogP contribution in [-0.4, -0.2) is 34.8 Å². The van der Waals surface area contributed by atoms with E-state index >= 15 is 0 Å². The lowest BCUT2D eigenvalue weighted by molar-refractivity contribution is 0.0646. The molecule has 3 rings (SSSR count). The van der Waals surface area contributed by atoms with Crippen molar-refractivity contribution in [2.24, 2.45) is 0 Å². The molecule has 102 valence electrons. The van der Waals surface area contributed by atoms with Crippen molar-refractivity contribution in [1.29, 1.82) is 0 Å². The van der Waals surface area contributed by atoms with Crippen LogP contribution in [0.4, 0.5) is 0 Å². The second-order valence-electron chi connectivity index (χ2n) is 4.34. The Morgan fingerprint density at radius 2 is 1.85 bits per heavy atom. The van der Waals surface area contributed by atoms with Crippen LogP contribution in [0.25, 0.3) is 0 Å². The van der Waals surface area contributed by atoms with Crippen molar-refractivity contribution < 1.29 is 14.3 Å². The molecule has 0 spiro atoms. The van der Waals surface area contributed by atoms with Crippen molar-refractivity contribution in [3.63, 3.8) is 0 Å². The highest BCUT2D eigenvalue weighted by molar-refractivity contribution is 7.07. The van der Waals surface area contributed by atoms with Gasteiger partial charge < -0.3 is 4.74 Å². The van der Waals surface area contributed by atoms with Gasteiger partial charge in [-0.15, -0.1) is 11.3 Å². The molecule has 0 unspecified atom stereocenters. The van der Waals surface area contributed by atoms with Gasteiger partial charge in [0.2, 0.25) is 5.88 Å². The van der Waals surface area contributed by atoms with E-state index in [0.717, 1.165) is 0 Å². The standard InChI is InChI=1S/C14H12N2O3S/c17-13-10-4-1-2-5-11(10)14(18)16(13)6-3-7-19-12-8-20-9-15-12/h1-2,4-5,8-9H,3,6-7H2. The Morgan fingerprint density at radius 3 is 2.45 bits per heavy atom. The molecule has 0 bridgehead atoms. The molecular weight excluding hydrogens is 276 g/mol. The molecule has 0 N–H and O–H groups in total. The molecule has 20 heavy (non-hydrogen) atoms. The van der Waals surface area contributed by atoms with Crippen LogP contribution in [0, 0.1) is 0 Å². The molecule has 0 atom stereocenters. The van der Waals surface area contributed by atoms with E-state index in [1.807, 2.05) is 5.38 Å². The van der Waals surface area contributed by atoms with E-state index in [4.69, 9.17) is 4.74 Å². The maximum absolute atomic E-state index is 12.1. The summed E-state index contributed by atoms with van der Waals surface area (Å²) in [6.07, 6.45) is 0.586. The van der Waals surface area contributed by atoms with E-state index in [2.05, 4.69) is 4.98 Å². The fraction of sp³-hybridized carbons (Fsp3) is 0.214. The van der Waals surface area contributed by atoms with Gasteiger partial charge in [0.25, 0.3) is 11.8 Å². The highest BCUT2D eigenvalue weighted by Gasteiger charge is 2.34. The average molecular weight is 288 g/mol.